The first-order valence-electron chi connectivity index (χ1n) is 9.13. The maximum Gasteiger partial charge on any atom is 0.339 e. The molecule has 0 unspecified atom stereocenters. The van der Waals surface area contributed by atoms with Crippen LogP contribution in [-0.2, 0) is 19.5 Å². The van der Waals surface area contributed by atoms with Crippen molar-refractivity contribution in [2.75, 3.05) is 32.9 Å². The molecule has 1 aromatic carbocycles. The van der Waals surface area contributed by atoms with Crippen LogP contribution in [0.2, 0.25) is 10.0 Å². The van der Waals surface area contributed by atoms with Crippen LogP contribution in [0.4, 0.5) is 0 Å². The lowest BCUT2D eigenvalue weighted by atomic mass is 9.90. The average molecular weight is 436 g/mol. The number of sulfonamides is 1. The molecule has 1 aromatic rings. The number of hydrogen-bond donors (Lipinski definition) is 0. The van der Waals surface area contributed by atoms with Crippen molar-refractivity contribution < 1.29 is 22.7 Å². The number of rotatable bonds is 5. The summed E-state index contributed by atoms with van der Waals surface area (Å²) in [5.74, 6) is -0.272. The lowest BCUT2D eigenvalue weighted by Gasteiger charge is -2.26. The van der Waals surface area contributed by atoms with Crippen LogP contribution < -0.4 is 0 Å². The molecular weight excluding hydrogens is 413 g/mol. The van der Waals surface area contributed by atoms with Gasteiger partial charge in [0.05, 0.1) is 35.4 Å². The van der Waals surface area contributed by atoms with Crippen molar-refractivity contribution in [3.63, 3.8) is 0 Å². The third-order valence-corrected chi connectivity index (χ3v) is 7.68. The number of morpholine rings is 1. The third-order valence-electron chi connectivity index (χ3n) is 5.00. The number of carbonyl (C=O) groups excluding carboxylic acids is 1. The monoisotopic (exact) mass is 435 g/mol. The van der Waals surface area contributed by atoms with Crippen molar-refractivity contribution >= 4 is 39.2 Å². The minimum absolute atomic E-state index is 0.0173. The predicted octanol–water partition coefficient (Wildman–Crippen LogP) is 3.75. The number of carbonyl (C=O) groups is 1. The molecule has 0 bridgehead atoms. The zero-order valence-electron chi connectivity index (χ0n) is 15.0. The zero-order valence-corrected chi connectivity index (χ0v) is 17.3. The molecule has 2 aliphatic rings. The number of halogens is 2. The van der Waals surface area contributed by atoms with Crippen molar-refractivity contribution in [2.45, 2.75) is 37.0 Å². The van der Waals surface area contributed by atoms with Crippen molar-refractivity contribution in [3.05, 3.63) is 27.7 Å². The van der Waals surface area contributed by atoms with E-state index < -0.39 is 16.0 Å². The van der Waals surface area contributed by atoms with Crippen LogP contribution >= 0.6 is 23.2 Å². The van der Waals surface area contributed by atoms with Crippen LogP contribution in [0.15, 0.2) is 17.0 Å². The second-order valence-electron chi connectivity index (χ2n) is 6.88. The molecular formula is C18H23Cl2NO5S. The van der Waals surface area contributed by atoms with Gasteiger partial charge in [-0.2, -0.15) is 4.31 Å². The highest BCUT2D eigenvalue weighted by Gasteiger charge is 2.30. The Kier molecular flexibility index (Phi) is 7.03. The lowest BCUT2D eigenvalue weighted by molar-refractivity contribution is 0.0410. The van der Waals surface area contributed by atoms with Gasteiger partial charge in [-0.25, -0.2) is 13.2 Å². The topological polar surface area (TPSA) is 72.9 Å². The van der Waals surface area contributed by atoms with Crippen molar-refractivity contribution in [1.29, 1.82) is 0 Å². The maximum atomic E-state index is 12.9. The van der Waals surface area contributed by atoms with Gasteiger partial charge in [-0.05, 0) is 30.9 Å². The number of esters is 1. The zero-order chi connectivity index (χ0) is 19.4. The third kappa shape index (κ3) is 4.95. The Hall–Kier alpha value is -0.860. The fourth-order valence-electron chi connectivity index (χ4n) is 3.43. The van der Waals surface area contributed by atoms with Gasteiger partial charge in [0.2, 0.25) is 10.0 Å². The Morgan fingerprint density at radius 2 is 1.78 bits per heavy atom. The van der Waals surface area contributed by atoms with Crippen molar-refractivity contribution in [3.8, 4) is 0 Å². The number of nitrogens with zero attached hydrogens (tertiary/aromatic N) is 1. The van der Waals surface area contributed by atoms with Crippen LogP contribution in [0.3, 0.4) is 0 Å². The molecule has 0 amide bonds. The molecule has 0 aromatic heterocycles. The van der Waals surface area contributed by atoms with E-state index in [1.54, 1.807) is 0 Å². The smallest absolute Gasteiger partial charge is 0.339 e. The van der Waals surface area contributed by atoms with E-state index in [0.717, 1.165) is 25.7 Å². The summed E-state index contributed by atoms with van der Waals surface area (Å²) in [6, 6.07) is 2.51. The van der Waals surface area contributed by atoms with Crippen molar-refractivity contribution in [2.24, 2.45) is 5.92 Å². The Bertz CT molecular complexity index is 787. The Morgan fingerprint density at radius 3 is 2.44 bits per heavy atom. The van der Waals surface area contributed by atoms with E-state index >= 15 is 0 Å². The van der Waals surface area contributed by atoms with Crippen LogP contribution in [0.1, 0.15) is 42.5 Å². The SMILES string of the molecule is O=C(OCC1CCCCC1)c1cc(S(=O)(=O)N2CCOCC2)c(Cl)cc1Cl. The molecule has 1 saturated carbocycles. The highest BCUT2D eigenvalue weighted by Crippen LogP contribution is 2.32. The van der Waals surface area contributed by atoms with Gasteiger partial charge >= 0.3 is 5.97 Å². The van der Waals surface area contributed by atoms with E-state index in [9.17, 15) is 13.2 Å². The first-order chi connectivity index (χ1) is 12.9. The summed E-state index contributed by atoms with van der Waals surface area (Å²) < 4.78 is 37.7. The van der Waals surface area contributed by atoms with Crippen LogP contribution in [-0.4, -0.2) is 51.6 Å². The van der Waals surface area contributed by atoms with Crippen LogP contribution in [0.25, 0.3) is 0 Å². The Balaban J connectivity index is 1.79. The average Bonchev–Trinajstić information content (AvgIpc) is 2.67. The molecule has 2 fully saturated rings. The normalized spacial score (nSPS) is 19.8. The fraction of sp³-hybridized carbons (Fsp3) is 0.611. The first-order valence-corrected chi connectivity index (χ1v) is 11.3. The van der Waals surface area contributed by atoms with Gasteiger partial charge in [0.25, 0.3) is 0 Å². The molecule has 6 nitrogen and oxygen atoms in total. The Morgan fingerprint density at radius 1 is 1.11 bits per heavy atom. The lowest BCUT2D eigenvalue weighted by Crippen LogP contribution is -2.40. The van der Waals surface area contributed by atoms with E-state index in [0.29, 0.717) is 25.7 Å². The first kappa shape index (κ1) is 20.9. The summed E-state index contributed by atoms with van der Waals surface area (Å²) in [5, 5.41) is 0.0601. The van der Waals surface area contributed by atoms with E-state index in [2.05, 4.69) is 0 Å². The molecule has 150 valence electrons. The quantitative estimate of drug-likeness (QED) is 0.658. The van der Waals surface area contributed by atoms with Crippen LogP contribution in [0.5, 0.6) is 0 Å². The number of ether oxygens (including phenoxy) is 2. The minimum Gasteiger partial charge on any atom is -0.462 e. The largest absolute Gasteiger partial charge is 0.462 e. The summed E-state index contributed by atoms with van der Waals surface area (Å²) in [5.41, 5.74) is 0.0173. The van der Waals surface area contributed by atoms with Gasteiger partial charge in [-0.15, -0.1) is 0 Å². The van der Waals surface area contributed by atoms with Gasteiger partial charge in [0.15, 0.2) is 0 Å². The molecule has 27 heavy (non-hydrogen) atoms. The second-order valence-corrected chi connectivity index (χ2v) is 9.60. The van der Waals surface area contributed by atoms with E-state index in [4.69, 9.17) is 32.7 Å². The standard InChI is InChI=1S/C18H23Cl2NO5S/c19-15-11-16(20)17(27(23,24)21-6-8-25-9-7-21)10-14(15)18(22)26-12-13-4-2-1-3-5-13/h10-11,13H,1-9,12H2. The molecule has 9 heteroatoms. The second kappa shape index (κ2) is 9.09. The number of benzene rings is 1. The maximum absolute atomic E-state index is 12.9. The summed E-state index contributed by atoms with van der Waals surface area (Å²) in [7, 11) is -3.85. The highest BCUT2D eigenvalue weighted by molar-refractivity contribution is 7.89. The molecule has 1 saturated heterocycles. The highest BCUT2D eigenvalue weighted by atomic mass is 35.5. The molecule has 3 rings (SSSR count). The van der Waals surface area contributed by atoms with Gasteiger partial charge in [-0.1, -0.05) is 42.5 Å². The van der Waals surface area contributed by atoms with Crippen LogP contribution in [0, 0.1) is 5.92 Å². The minimum atomic E-state index is -3.85. The molecule has 0 N–H and O–H groups in total. The molecule has 0 radical (unpaired) electrons. The van der Waals surface area contributed by atoms with Gasteiger partial charge in [0.1, 0.15) is 4.90 Å². The predicted molar refractivity (Wildman–Crippen MR) is 103 cm³/mol. The molecule has 1 aliphatic heterocycles. The van der Waals surface area contributed by atoms with Gasteiger partial charge < -0.3 is 9.47 Å². The summed E-state index contributed by atoms with van der Waals surface area (Å²) in [6.07, 6.45) is 5.59. The van der Waals surface area contributed by atoms with E-state index in [-0.39, 0.29) is 33.6 Å². The van der Waals surface area contributed by atoms with Gasteiger partial charge in [-0.3, -0.25) is 0 Å². The number of hydrogen-bond acceptors (Lipinski definition) is 5. The molecule has 0 spiro atoms. The fourth-order valence-corrected chi connectivity index (χ4v) is 5.67. The summed E-state index contributed by atoms with van der Waals surface area (Å²) in [4.78, 5) is 12.4. The Labute approximate surface area is 169 Å². The molecule has 0 atom stereocenters. The molecule has 1 aliphatic carbocycles. The summed E-state index contributed by atoms with van der Waals surface area (Å²) in [6.45, 7) is 1.44. The van der Waals surface area contributed by atoms with Crippen molar-refractivity contribution in [1.82, 2.24) is 4.31 Å². The molecule has 1 heterocycles. The van der Waals surface area contributed by atoms with Gasteiger partial charge in [0, 0.05) is 13.1 Å². The van der Waals surface area contributed by atoms with E-state index in [1.165, 1.54) is 22.9 Å². The van der Waals surface area contributed by atoms with E-state index in [1.807, 2.05) is 0 Å². The summed E-state index contributed by atoms with van der Waals surface area (Å²) >= 11 is 12.3.